The minimum Gasteiger partial charge on any atom is -0.497 e. The minimum atomic E-state index is 0.0271. The molecule has 22 heavy (non-hydrogen) atoms. The summed E-state index contributed by atoms with van der Waals surface area (Å²) in [6, 6.07) is 6.06. The van der Waals surface area contributed by atoms with Crippen LogP contribution in [0.3, 0.4) is 0 Å². The lowest BCUT2D eigenvalue weighted by Crippen LogP contribution is -2.37. The van der Waals surface area contributed by atoms with Gasteiger partial charge in [0.25, 0.3) is 0 Å². The minimum absolute atomic E-state index is 0.0271. The van der Waals surface area contributed by atoms with Crippen LogP contribution in [0.5, 0.6) is 11.5 Å². The Labute approximate surface area is 131 Å². The lowest BCUT2D eigenvalue weighted by atomic mass is 10.0. The van der Waals surface area contributed by atoms with Crippen molar-refractivity contribution in [2.75, 3.05) is 33.9 Å². The molecule has 0 saturated carbocycles. The van der Waals surface area contributed by atoms with E-state index >= 15 is 0 Å². The van der Waals surface area contributed by atoms with Gasteiger partial charge in [-0.25, -0.2) is 0 Å². The van der Waals surface area contributed by atoms with Crippen LogP contribution in [0.15, 0.2) is 30.9 Å². The van der Waals surface area contributed by atoms with E-state index < -0.39 is 0 Å². The molecule has 2 rings (SSSR count). The van der Waals surface area contributed by atoms with Crippen LogP contribution in [0.4, 0.5) is 0 Å². The quantitative estimate of drug-likeness (QED) is 0.784. The molecule has 5 nitrogen and oxygen atoms in total. The van der Waals surface area contributed by atoms with E-state index in [1.165, 1.54) is 0 Å². The highest BCUT2D eigenvalue weighted by Gasteiger charge is 2.29. The fourth-order valence-electron chi connectivity index (χ4n) is 2.89. The van der Waals surface area contributed by atoms with E-state index in [4.69, 9.17) is 9.47 Å². The zero-order chi connectivity index (χ0) is 15.9. The number of hydrogen-bond donors (Lipinski definition) is 1. The van der Waals surface area contributed by atoms with Crippen LogP contribution in [-0.4, -0.2) is 44.7 Å². The van der Waals surface area contributed by atoms with E-state index in [1.807, 2.05) is 18.2 Å². The van der Waals surface area contributed by atoms with Crippen molar-refractivity contribution in [3.8, 4) is 11.5 Å². The van der Waals surface area contributed by atoms with Gasteiger partial charge in [0.1, 0.15) is 11.5 Å². The predicted molar refractivity (Wildman–Crippen MR) is 86.3 cm³/mol. The SMILES string of the molecule is C=CCNC(=O)CN1CCC[C@H]1c1ccc(OC)cc1OC. The monoisotopic (exact) mass is 304 g/mol. The topological polar surface area (TPSA) is 50.8 Å². The first-order valence-electron chi connectivity index (χ1n) is 7.53. The zero-order valence-electron chi connectivity index (χ0n) is 13.3. The molecular formula is C17H24N2O3. The molecule has 0 aromatic heterocycles. The average molecular weight is 304 g/mol. The Hall–Kier alpha value is -2.01. The smallest absolute Gasteiger partial charge is 0.234 e. The van der Waals surface area contributed by atoms with Crippen molar-refractivity contribution in [2.45, 2.75) is 18.9 Å². The maximum Gasteiger partial charge on any atom is 0.234 e. The van der Waals surface area contributed by atoms with Crippen molar-refractivity contribution in [1.29, 1.82) is 0 Å². The van der Waals surface area contributed by atoms with Crippen LogP contribution in [-0.2, 0) is 4.79 Å². The van der Waals surface area contributed by atoms with Gasteiger partial charge in [-0.15, -0.1) is 6.58 Å². The van der Waals surface area contributed by atoms with Crippen LogP contribution in [0.1, 0.15) is 24.4 Å². The van der Waals surface area contributed by atoms with Crippen LogP contribution < -0.4 is 14.8 Å². The van der Waals surface area contributed by atoms with Gasteiger partial charge in [0, 0.05) is 24.2 Å². The molecule has 0 aliphatic carbocycles. The fraction of sp³-hybridized carbons (Fsp3) is 0.471. The Balaban J connectivity index is 2.13. The molecule has 0 spiro atoms. The molecule has 1 fully saturated rings. The maximum absolute atomic E-state index is 11.9. The number of rotatable bonds is 7. The standard InChI is InChI=1S/C17H24N2O3/c1-4-9-18-17(20)12-19-10-5-6-15(19)14-8-7-13(21-2)11-16(14)22-3/h4,7-8,11,15H,1,5-6,9-10,12H2,2-3H3,(H,18,20)/t15-/m0/s1. The molecule has 1 heterocycles. The Morgan fingerprint density at radius 2 is 2.27 bits per heavy atom. The van der Waals surface area contributed by atoms with Crippen molar-refractivity contribution in [3.63, 3.8) is 0 Å². The predicted octanol–water partition coefficient (Wildman–Crippen LogP) is 2.14. The number of amides is 1. The zero-order valence-corrected chi connectivity index (χ0v) is 13.3. The molecule has 1 aromatic rings. The highest BCUT2D eigenvalue weighted by Crippen LogP contribution is 2.38. The number of nitrogens with one attached hydrogen (secondary N) is 1. The summed E-state index contributed by atoms with van der Waals surface area (Å²) in [5, 5.41) is 2.83. The number of nitrogens with zero attached hydrogens (tertiary/aromatic N) is 1. The van der Waals surface area contributed by atoms with E-state index in [-0.39, 0.29) is 11.9 Å². The van der Waals surface area contributed by atoms with Crippen molar-refractivity contribution in [3.05, 3.63) is 36.4 Å². The lowest BCUT2D eigenvalue weighted by Gasteiger charge is -2.25. The highest BCUT2D eigenvalue weighted by atomic mass is 16.5. The number of hydrogen-bond acceptors (Lipinski definition) is 4. The van der Waals surface area contributed by atoms with Crippen molar-refractivity contribution in [1.82, 2.24) is 10.2 Å². The van der Waals surface area contributed by atoms with Gasteiger partial charge in [0.05, 0.1) is 20.8 Å². The number of carbonyl (C=O) groups is 1. The number of carbonyl (C=O) groups excluding carboxylic acids is 1. The van der Waals surface area contributed by atoms with Gasteiger partial charge in [-0.05, 0) is 25.5 Å². The lowest BCUT2D eigenvalue weighted by molar-refractivity contribution is -0.122. The molecule has 0 bridgehead atoms. The summed E-state index contributed by atoms with van der Waals surface area (Å²) in [6.45, 7) is 5.43. The van der Waals surface area contributed by atoms with Gasteiger partial charge in [0.2, 0.25) is 5.91 Å². The second kappa shape index (κ2) is 7.84. The fourth-order valence-corrected chi connectivity index (χ4v) is 2.89. The summed E-state index contributed by atoms with van der Waals surface area (Å²) >= 11 is 0. The van der Waals surface area contributed by atoms with Crippen molar-refractivity contribution < 1.29 is 14.3 Å². The van der Waals surface area contributed by atoms with Crippen LogP contribution in [0.2, 0.25) is 0 Å². The summed E-state index contributed by atoms with van der Waals surface area (Å²) < 4.78 is 10.7. The van der Waals surface area contributed by atoms with Gasteiger partial charge in [0.15, 0.2) is 0 Å². The molecule has 1 saturated heterocycles. The first-order chi connectivity index (χ1) is 10.7. The maximum atomic E-state index is 11.9. The Morgan fingerprint density at radius 1 is 1.45 bits per heavy atom. The highest BCUT2D eigenvalue weighted by molar-refractivity contribution is 5.78. The molecule has 5 heteroatoms. The number of benzene rings is 1. The largest absolute Gasteiger partial charge is 0.497 e. The summed E-state index contributed by atoms with van der Waals surface area (Å²) in [5.41, 5.74) is 1.11. The normalized spacial score (nSPS) is 18.0. The summed E-state index contributed by atoms with van der Waals surface area (Å²) in [6.07, 6.45) is 3.79. The van der Waals surface area contributed by atoms with E-state index in [2.05, 4.69) is 16.8 Å². The van der Waals surface area contributed by atoms with Crippen LogP contribution in [0, 0.1) is 0 Å². The van der Waals surface area contributed by atoms with Crippen LogP contribution >= 0.6 is 0 Å². The summed E-state index contributed by atoms with van der Waals surface area (Å²) in [4.78, 5) is 14.1. The van der Waals surface area contributed by atoms with E-state index in [9.17, 15) is 4.79 Å². The second-order valence-electron chi connectivity index (χ2n) is 5.33. The molecule has 1 N–H and O–H groups in total. The van der Waals surface area contributed by atoms with E-state index in [1.54, 1.807) is 20.3 Å². The van der Waals surface area contributed by atoms with Crippen LogP contribution in [0.25, 0.3) is 0 Å². The molecule has 1 aliphatic heterocycles. The van der Waals surface area contributed by atoms with Gasteiger partial charge in [-0.1, -0.05) is 12.1 Å². The molecule has 1 aromatic carbocycles. The first kappa shape index (κ1) is 16.4. The molecule has 0 radical (unpaired) electrons. The average Bonchev–Trinajstić information content (AvgIpc) is 3.00. The van der Waals surface area contributed by atoms with Gasteiger partial charge in [-0.2, -0.15) is 0 Å². The van der Waals surface area contributed by atoms with E-state index in [0.717, 1.165) is 36.4 Å². The summed E-state index contributed by atoms with van der Waals surface area (Å²) in [5.74, 6) is 1.61. The third kappa shape index (κ3) is 3.80. The Bertz CT molecular complexity index is 531. The van der Waals surface area contributed by atoms with Gasteiger partial charge >= 0.3 is 0 Å². The number of likely N-dealkylation sites (tertiary alicyclic amines) is 1. The number of ether oxygens (including phenoxy) is 2. The van der Waals surface area contributed by atoms with E-state index in [0.29, 0.717) is 13.1 Å². The molecule has 1 aliphatic rings. The number of methoxy groups -OCH3 is 2. The molecular weight excluding hydrogens is 280 g/mol. The molecule has 120 valence electrons. The Morgan fingerprint density at radius 3 is 2.95 bits per heavy atom. The van der Waals surface area contributed by atoms with Gasteiger partial charge < -0.3 is 14.8 Å². The van der Waals surface area contributed by atoms with Crippen molar-refractivity contribution >= 4 is 5.91 Å². The molecule has 0 unspecified atom stereocenters. The third-order valence-corrected chi connectivity index (χ3v) is 3.95. The molecule has 1 amide bonds. The Kier molecular flexibility index (Phi) is 5.83. The summed E-state index contributed by atoms with van der Waals surface area (Å²) in [7, 11) is 3.30. The third-order valence-electron chi connectivity index (χ3n) is 3.95. The van der Waals surface area contributed by atoms with Gasteiger partial charge in [-0.3, -0.25) is 9.69 Å². The second-order valence-corrected chi connectivity index (χ2v) is 5.33. The first-order valence-corrected chi connectivity index (χ1v) is 7.53. The van der Waals surface area contributed by atoms with Crippen molar-refractivity contribution in [2.24, 2.45) is 0 Å². The molecule has 1 atom stereocenters.